The molecule has 192 valence electrons. The zero-order valence-corrected chi connectivity index (χ0v) is 20.8. The van der Waals surface area contributed by atoms with Crippen molar-refractivity contribution >= 4 is 29.1 Å². The minimum Gasteiger partial charge on any atom is -0.369 e. The molecule has 0 aliphatic carbocycles. The summed E-state index contributed by atoms with van der Waals surface area (Å²) in [6, 6.07) is 11.4. The smallest absolute Gasteiger partial charge is 0.369 e. The normalized spacial score (nSPS) is 18.1. The fraction of sp³-hybridized carbons (Fsp3) is 0.269. The molecule has 3 aliphatic heterocycles. The number of piperazine rings is 1. The number of nitrogen functional groups attached to an aromatic ring is 1. The molecule has 1 aromatic heterocycles. The number of hydrogen-bond acceptors (Lipinski definition) is 7. The van der Waals surface area contributed by atoms with Gasteiger partial charge >= 0.3 is 6.18 Å². The maximum Gasteiger partial charge on any atom is 0.416 e. The van der Waals surface area contributed by atoms with Crippen LogP contribution in [0.1, 0.15) is 16.7 Å². The van der Waals surface area contributed by atoms with E-state index < -0.39 is 11.7 Å². The molecule has 4 heterocycles. The van der Waals surface area contributed by atoms with Crippen molar-refractivity contribution in [3.05, 3.63) is 95.1 Å². The minimum absolute atomic E-state index is 0.223. The number of benzene rings is 2. The Balaban J connectivity index is 1.12. The number of nitrogens with two attached hydrogens (primary N) is 1. The van der Waals surface area contributed by atoms with E-state index in [0.29, 0.717) is 5.56 Å². The molecule has 0 spiro atoms. The van der Waals surface area contributed by atoms with E-state index in [1.165, 1.54) is 11.8 Å². The van der Waals surface area contributed by atoms with Crippen molar-refractivity contribution in [2.75, 3.05) is 31.9 Å². The molecule has 0 radical (unpaired) electrons. The van der Waals surface area contributed by atoms with E-state index >= 15 is 0 Å². The number of hydrogen-bond donors (Lipinski definition) is 2. The maximum absolute atomic E-state index is 13.1. The van der Waals surface area contributed by atoms with Crippen LogP contribution in [-0.2, 0) is 19.3 Å². The minimum atomic E-state index is -4.38. The van der Waals surface area contributed by atoms with Gasteiger partial charge in [-0.15, -0.1) is 0 Å². The van der Waals surface area contributed by atoms with Gasteiger partial charge in [0.15, 0.2) is 0 Å². The van der Waals surface area contributed by atoms with Gasteiger partial charge in [0.2, 0.25) is 5.95 Å². The highest BCUT2D eigenvalue weighted by Gasteiger charge is 2.30. The van der Waals surface area contributed by atoms with Crippen LogP contribution in [0.25, 0.3) is 11.0 Å². The van der Waals surface area contributed by atoms with Gasteiger partial charge in [-0.1, -0.05) is 18.2 Å². The van der Waals surface area contributed by atoms with E-state index in [1.54, 1.807) is 22.8 Å². The standard InChI is InChI=1S/C26H26F3N7S/c27-26(28,29)20-3-1-2-18(12-20)17-35-24-5-4-19(13-23(24)32-25(35)30)16-33-8-10-34(11-9-33)21-6-7-36-22(14-21)15-31-37-36/h1-7,12-15,31H,8-11,16-17H2,(H2,30,32). The third kappa shape index (κ3) is 4.88. The number of anilines is 1. The van der Waals surface area contributed by atoms with Crippen molar-refractivity contribution in [3.8, 4) is 0 Å². The van der Waals surface area contributed by atoms with Gasteiger partial charge < -0.3 is 19.9 Å². The lowest BCUT2D eigenvalue weighted by Gasteiger charge is -2.37. The van der Waals surface area contributed by atoms with Crippen molar-refractivity contribution in [2.45, 2.75) is 19.3 Å². The Kier molecular flexibility index (Phi) is 6.04. The molecule has 0 saturated carbocycles. The van der Waals surface area contributed by atoms with Crippen LogP contribution in [0.4, 0.5) is 19.1 Å². The average molecular weight is 526 g/mol. The molecule has 0 unspecified atom stereocenters. The lowest BCUT2D eigenvalue weighted by atomic mass is 10.1. The molecule has 1 fully saturated rings. The Hall–Kier alpha value is -3.57. The van der Waals surface area contributed by atoms with Gasteiger partial charge in [0.25, 0.3) is 0 Å². The van der Waals surface area contributed by atoms with Crippen molar-refractivity contribution in [2.24, 2.45) is 0 Å². The second kappa shape index (κ2) is 9.38. The van der Waals surface area contributed by atoms with E-state index in [4.69, 9.17) is 5.73 Å². The van der Waals surface area contributed by atoms with E-state index in [-0.39, 0.29) is 12.5 Å². The van der Waals surface area contributed by atoms with Crippen LogP contribution in [0.3, 0.4) is 0 Å². The molecule has 1 saturated heterocycles. The summed E-state index contributed by atoms with van der Waals surface area (Å²) in [5, 5.41) is 0. The third-order valence-corrected chi connectivity index (χ3v) is 7.62. The number of alkyl halides is 3. The van der Waals surface area contributed by atoms with Crippen molar-refractivity contribution in [1.82, 2.24) is 28.4 Å². The molecule has 6 rings (SSSR count). The van der Waals surface area contributed by atoms with Gasteiger partial charge in [-0.3, -0.25) is 9.21 Å². The van der Waals surface area contributed by atoms with Gasteiger partial charge in [-0.05, 0) is 47.5 Å². The maximum atomic E-state index is 13.1. The Morgan fingerprint density at radius 2 is 1.78 bits per heavy atom. The monoisotopic (exact) mass is 525 g/mol. The lowest BCUT2D eigenvalue weighted by molar-refractivity contribution is -0.137. The Bertz CT molecular complexity index is 1420. The van der Waals surface area contributed by atoms with Crippen LogP contribution in [0, 0.1) is 0 Å². The molecule has 0 bridgehead atoms. The van der Waals surface area contributed by atoms with Crippen LogP contribution in [0.15, 0.2) is 78.4 Å². The van der Waals surface area contributed by atoms with Gasteiger partial charge in [-0.25, -0.2) is 4.98 Å². The highest BCUT2D eigenvalue weighted by Crippen LogP contribution is 2.31. The number of allylic oxidation sites excluding steroid dienone is 2. The highest BCUT2D eigenvalue weighted by molar-refractivity contribution is 7.95. The Morgan fingerprint density at radius 3 is 2.59 bits per heavy atom. The summed E-state index contributed by atoms with van der Waals surface area (Å²) in [6.45, 7) is 4.83. The molecule has 7 nitrogen and oxygen atoms in total. The topological polar surface area (TPSA) is 65.6 Å². The predicted molar refractivity (Wildman–Crippen MR) is 139 cm³/mol. The van der Waals surface area contributed by atoms with E-state index in [2.05, 4.69) is 48.2 Å². The second-order valence-corrected chi connectivity index (χ2v) is 10.1. The van der Waals surface area contributed by atoms with Gasteiger partial charge in [0.05, 0.1) is 41.0 Å². The van der Waals surface area contributed by atoms with Gasteiger partial charge in [0, 0.05) is 50.8 Å². The number of fused-ring (bicyclic) bond motifs is 2. The summed E-state index contributed by atoms with van der Waals surface area (Å²) in [5.41, 5.74) is 11.1. The predicted octanol–water partition coefficient (Wildman–Crippen LogP) is 4.52. The number of imidazole rings is 1. The number of nitrogens with zero attached hydrogens (tertiary/aromatic N) is 5. The lowest BCUT2D eigenvalue weighted by Crippen LogP contribution is -2.45. The number of halogens is 3. The molecule has 3 aliphatic rings. The fourth-order valence-electron chi connectivity index (χ4n) is 4.93. The molecule has 2 aromatic carbocycles. The summed E-state index contributed by atoms with van der Waals surface area (Å²) in [5.74, 6) is 0.288. The summed E-state index contributed by atoms with van der Waals surface area (Å²) in [6.07, 6.45) is 4.08. The number of rotatable bonds is 5. The van der Waals surface area contributed by atoms with Crippen LogP contribution in [0.5, 0.6) is 0 Å². The highest BCUT2D eigenvalue weighted by atomic mass is 32.2. The molecular formula is C26H26F3N7S. The molecule has 0 amide bonds. The first-order valence-corrected chi connectivity index (χ1v) is 12.8. The van der Waals surface area contributed by atoms with Crippen LogP contribution < -0.4 is 10.5 Å². The summed E-state index contributed by atoms with van der Waals surface area (Å²) >= 11 is 1.56. The van der Waals surface area contributed by atoms with Crippen LogP contribution in [-0.4, -0.2) is 49.8 Å². The molecule has 3 aromatic rings. The Morgan fingerprint density at radius 1 is 0.973 bits per heavy atom. The SMILES string of the molecule is Nc1nc2cc(CN3CCN(C4=CC5=CNSN5C=C4)CC3)ccc2n1Cc1cccc(C(F)(F)F)c1. The summed E-state index contributed by atoms with van der Waals surface area (Å²) in [4.78, 5) is 9.33. The fourth-order valence-corrected chi connectivity index (χ4v) is 5.55. The molecule has 11 heteroatoms. The van der Waals surface area contributed by atoms with Gasteiger partial charge in [-0.2, -0.15) is 13.2 Å². The average Bonchev–Trinajstić information content (AvgIpc) is 3.47. The largest absolute Gasteiger partial charge is 0.416 e. The molecule has 3 N–H and O–H groups in total. The van der Waals surface area contributed by atoms with E-state index in [9.17, 15) is 13.2 Å². The van der Waals surface area contributed by atoms with E-state index in [1.807, 2.05) is 18.3 Å². The Labute approximate surface area is 217 Å². The second-order valence-electron chi connectivity index (χ2n) is 9.33. The first kappa shape index (κ1) is 23.8. The summed E-state index contributed by atoms with van der Waals surface area (Å²) in [7, 11) is 0. The zero-order chi connectivity index (χ0) is 25.6. The van der Waals surface area contributed by atoms with Crippen LogP contribution in [0.2, 0.25) is 0 Å². The number of aromatic nitrogens is 2. The first-order valence-electron chi connectivity index (χ1n) is 12.0. The number of nitrogens with one attached hydrogen (secondary N) is 1. The van der Waals surface area contributed by atoms with Crippen LogP contribution >= 0.6 is 12.1 Å². The molecule has 0 atom stereocenters. The molecule has 37 heavy (non-hydrogen) atoms. The molecular weight excluding hydrogens is 499 g/mol. The van der Waals surface area contributed by atoms with Crippen molar-refractivity contribution in [1.29, 1.82) is 0 Å². The summed E-state index contributed by atoms with van der Waals surface area (Å²) < 4.78 is 46.4. The quantitative estimate of drug-likeness (QED) is 0.475. The van der Waals surface area contributed by atoms with Crippen molar-refractivity contribution < 1.29 is 13.2 Å². The third-order valence-electron chi connectivity index (χ3n) is 6.87. The van der Waals surface area contributed by atoms with E-state index in [0.717, 1.165) is 67.2 Å². The van der Waals surface area contributed by atoms with Crippen molar-refractivity contribution in [3.63, 3.8) is 0 Å². The zero-order valence-electron chi connectivity index (χ0n) is 19.9. The van der Waals surface area contributed by atoms with Gasteiger partial charge in [0.1, 0.15) is 0 Å². The first-order chi connectivity index (χ1) is 17.8.